The standard InChI is InChI=1S/C36H50NO.C5H5.Fe/c1-2-3-4-5-6-7-8-9-10-11-12-13-14-15-16-19-30-38-36-28-22-32(23-29-36)31-37-35-26-24-34(25-27-35)33-20-17-18-21-33;1-2-4-5-3-1;/h17-18,20-29,31H,2-16,19,30H2,1H3;1-5H;/q2*-1;+2. The van der Waals surface area contributed by atoms with Crippen LogP contribution in [0.25, 0.3) is 11.1 Å². The molecule has 0 N–H and O–H groups in total. The Labute approximate surface area is 279 Å². The van der Waals surface area contributed by atoms with Gasteiger partial charge in [0.05, 0.1) is 6.61 Å². The van der Waals surface area contributed by atoms with Crippen molar-refractivity contribution in [3.63, 3.8) is 0 Å². The van der Waals surface area contributed by atoms with Gasteiger partial charge in [0.2, 0.25) is 0 Å². The van der Waals surface area contributed by atoms with Gasteiger partial charge in [-0.25, -0.2) is 12.1 Å². The number of aliphatic imine (C=N–C) groups is 1. The van der Waals surface area contributed by atoms with E-state index >= 15 is 0 Å². The van der Waals surface area contributed by atoms with Gasteiger partial charge in [0.1, 0.15) is 5.75 Å². The zero-order valence-corrected chi connectivity index (χ0v) is 28.2. The van der Waals surface area contributed by atoms with Crippen LogP contribution in [-0.4, -0.2) is 12.8 Å². The summed E-state index contributed by atoms with van der Waals surface area (Å²) in [6, 6.07) is 35.0. The predicted octanol–water partition coefficient (Wildman–Crippen LogP) is 12.9. The maximum atomic E-state index is 5.95. The molecule has 0 saturated heterocycles. The van der Waals surface area contributed by atoms with Gasteiger partial charge in [-0.1, -0.05) is 121 Å². The third-order valence-corrected chi connectivity index (χ3v) is 7.93. The molecule has 0 unspecified atom stereocenters. The Hall–Kier alpha value is -2.87. The van der Waals surface area contributed by atoms with E-state index < -0.39 is 0 Å². The fraction of sp³-hybridized carbons (Fsp3) is 0.439. The van der Waals surface area contributed by atoms with Gasteiger partial charge in [-0.05, 0) is 36.2 Å². The predicted molar refractivity (Wildman–Crippen MR) is 188 cm³/mol. The van der Waals surface area contributed by atoms with E-state index in [4.69, 9.17) is 4.74 Å². The molecule has 2 nitrogen and oxygen atoms in total. The summed E-state index contributed by atoms with van der Waals surface area (Å²) in [5.74, 6) is 0.946. The average molecular weight is 634 g/mol. The second-order valence-electron chi connectivity index (χ2n) is 11.7. The summed E-state index contributed by atoms with van der Waals surface area (Å²) in [6.07, 6.45) is 24.2. The Balaban J connectivity index is 0.00000102. The summed E-state index contributed by atoms with van der Waals surface area (Å²) in [4.78, 5) is 4.61. The molecule has 0 atom stereocenters. The molecule has 0 fully saturated rings. The van der Waals surface area contributed by atoms with E-state index in [1.165, 1.54) is 107 Å². The number of hydrogen-bond donors (Lipinski definition) is 0. The van der Waals surface area contributed by atoms with E-state index in [1.807, 2.05) is 48.7 Å². The van der Waals surface area contributed by atoms with Crippen LogP contribution < -0.4 is 4.74 Å². The van der Waals surface area contributed by atoms with Crippen molar-refractivity contribution >= 4 is 11.9 Å². The zero-order valence-electron chi connectivity index (χ0n) is 27.1. The van der Waals surface area contributed by atoms with E-state index in [2.05, 4.69) is 72.6 Å². The van der Waals surface area contributed by atoms with E-state index in [0.717, 1.165) is 30.0 Å². The molecule has 238 valence electrons. The van der Waals surface area contributed by atoms with E-state index in [1.54, 1.807) is 0 Å². The minimum absolute atomic E-state index is 0. The Morgan fingerprint density at radius 2 is 1.11 bits per heavy atom. The molecule has 44 heavy (non-hydrogen) atoms. The van der Waals surface area contributed by atoms with Crippen molar-refractivity contribution in [2.24, 2.45) is 4.99 Å². The molecule has 0 heterocycles. The molecule has 0 spiro atoms. The average Bonchev–Trinajstić information content (AvgIpc) is 3.81. The smallest absolute Gasteiger partial charge is 0.494 e. The van der Waals surface area contributed by atoms with Crippen LogP contribution in [0.1, 0.15) is 115 Å². The SMILES string of the molecule is CCCCCCCCCCCCCCCCCCOc1ccc(C=Nc2ccc(-[c-]3cccc3)cc2)cc1.[Fe+2].c1cc[cH-]c1. The Bertz CT molecular complexity index is 1140. The first-order valence-electron chi connectivity index (χ1n) is 17.1. The molecule has 0 saturated carbocycles. The number of benzene rings is 2. The van der Waals surface area contributed by atoms with Crippen LogP contribution in [0.4, 0.5) is 5.69 Å². The molecule has 0 aromatic heterocycles. The molecule has 3 heteroatoms. The van der Waals surface area contributed by atoms with Crippen LogP contribution in [-0.2, 0) is 17.1 Å². The molecule has 4 rings (SSSR count). The molecular weight excluding hydrogens is 578 g/mol. The Kier molecular flexibility index (Phi) is 21.6. The van der Waals surface area contributed by atoms with E-state index in [-0.39, 0.29) is 17.1 Å². The van der Waals surface area contributed by atoms with Crippen molar-refractivity contribution in [2.75, 3.05) is 6.61 Å². The molecule has 0 aliphatic heterocycles. The first-order valence-corrected chi connectivity index (χ1v) is 17.1. The second-order valence-corrected chi connectivity index (χ2v) is 11.7. The monoisotopic (exact) mass is 633 g/mol. The summed E-state index contributed by atoms with van der Waals surface area (Å²) in [5.41, 5.74) is 4.51. The van der Waals surface area contributed by atoms with Gasteiger partial charge < -0.3 is 4.74 Å². The van der Waals surface area contributed by atoms with Gasteiger partial charge in [0, 0.05) is 11.9 Å². The van der Waals surface area contributed by atoms with Gasteiger partial charge in [-0.15, -0.1) is 29.8 Å². The van der Waals surface area contributed by atoms with Gasteiger partial charge in [-0.2, -0.15) is 30.3 Å². The molecule has 4 aromatic rings. The first kappa shape index (κ1) is 37.3. The number of nitrogens with zero attached hydrogens (tertiary/aromatic N) is 1. The maximum absolute atomic E-state index is 5.95. The molecule has 0 bridgehead atoms. The fourth-order valence-corrected chi connectivity index (χ4v) is 5.27. The topological polar surface area (TPSA) is 21.6 Å². The minimum Gasteiger partial charge on any atom is -0.494 e. The van der Waals surface area contributed by atoms with Crippen molar-refractivity contribution in [1.82, 2.24) is 0 Å². The summed E-state index contributed by atoms with van der Waals surface area (Å²) in [6.45, 7) is 3.10. The van der Waals surface area contributed by atoms with E-state index in [0.29, 0.717) is 0 Å². The molecular formula is C41H55FeNO. The molecule has 0 aliphatic carbocycles. The van der Waals surface area contributed by atoms with Gasteiger partial charge in [-0.3, -0.25) is 4.99 Å². The van der Waals surface area contributed by atoms with Crippen molar-refractivity contribution in [2.45, 2.75) is 110 Å². The van der Waals surface area contributed by atoms with Crippen LogP contribution in [0.2, 0.25) is 0 Å². The fourth-order valence-electron chi connectivity index (χ4n) is 5.27. The number of hydrogen-bond acceptors (Lipinski definition) is 2. The van der Waals surface area contributed by atoms with Crippen LogP contribution >= 0.6 is 0 Å². The van der Waals surface area contributed by atoms with Crippen LogP contribution in [0.5, 0.6) is 5.75 Å². The van der Waals surface area contributed by atoms with Crippen molar-refractivity contribution in [3.8, 4) is 16.9 Å². The second kappa shape index (κ2) is 25.5. The normalized spacial score (nSPS) is 10.8. The summed E-state index contributed by atoms with van der Waals surface area (Å²) in [5, 5.41) is 0. The maximum Gasteiger partial charge on any atom is 2.00 e. The summed E-state index contributed by atoms with van der Waals surface area (Å²) in [7, 11) is 0. The summed E-state index contributed by atoms with van der Waals surface area (Å²) < 4.78 is 5.95. The molecule has 0 amide bonds. The zero-order chi connectivity index (χ0) is 30.0. The van der Waals surface area contributed by atoms with Gasteiger partial charge in [0.15, 0.2) is 0 Å². The summed E-state index contributed by atoms with van der Waals surface area (Å²) >= 11 is 0. The van der Waals surface area contributed by atoms with Gasteiger partial charge >= 0.3 is 17.1 Å². The van der Waals surface area contributed by atoms with Gasteiger partial charge in [0.25, 0.3) is 0 Å². The van der Waals surface area contributed by atoms with Crippen LogP contribution in [0.15, 0.2) is 108 Å². The first-order chi connectivity index (χ1) is 21.3. The van der Waals surface area contributed by atoms with Crippen molar-refractivity contribution < 1.29 is 21.8 Å². The number of unbranched alkanes of at least 4 members (excludes halogenated alkanes) is 15. The van der Waals surface area contributed by atoms with Crippen molar-refractivity contribution in [1.29, 1.82) is 0 Å². The molecule has 0 radical (unpaired) electrons. The largest absolute Gasteiger partial charge is 2.00 e. The Morgan fingerprint density at radius 3 is 1.59 bits per heavy atom. The molecule has 0 aliphatic rings. The quantitative estimate of drug-likeness (QED) is 0.0387. The van der Waals surface area contributed by atoms with Crippen LogP contribution in [0.3, 0.4) is 0 Å². The Morgan fingerprint density at radius 1 is 0.614 bits per heavy atom. The number of ether oxygens (including phenoxy) is 1. The molecule has 4 aromatic carbocycles. The third kappa shape index (κ3) is 17.4. The van der Waals surface area contributed by atoms with E-state index in [9.17, 15) is 0 Å². The third-order valence-electron chi connectivity index (χ3n) is 7.93. The minimum atomic E-state index is 0. The van der Waals surface area contributed by atoms with Crippen LogP contribution in [0, 0.1) is 0 Å². The van der Waals surface area contributed by atoms with Crippen molar-refractivity contribution in [3.05, 3.63) is 109 Å². The number of rotatable bonds is 21.